The van der Waals surface area contributed by atoms with E-state index in [2.05, 4.69) is 0 Å². The van der Waals surface area contributed by atoms with Crippen LogP contribution in [-0.2, 0) is 0 Å². The van der Waals surface area contributed by atoms with Gasteiger partial charge in [0.15, 0.2) is 11.6 Å². The lowest BCUT2D eigenvalue weighted by Gasteiger charge is -2.22. The number of hydrogen-bond donors (Lipinski definition) is 2. The van der Waals surface area contributed by atoms with E-state index in [1.807, 2.05) is 6.07 Å². The van der Waals surface area contributed by atoms with E-state index in [1.54, 1.807) is 6.07 Å². The maximum atomic E-state index is 13.5. The van der Waals surface area contributed by atoms with Crippen molar-refractivity contribution in [3.8, 4) is 5.75 Å². The molecule has 1 aliphatic rings. The summed E-state index contributed by atoms with van der Waals surface area (Å²) in [4.78, 5) is 0. The Morgan fingerprint density at radius 2 is 2.19 bits per heavy atom. The molecule has 4 N–H and O–H groups in total. The minimum absolute atomic E-state index is 0.0129. The fraction of sp³-hybridized carbons (Fsp3) is 0.500. The van der Waals surface area contributed by atoms with Crippen molar-refractivity contribution in [2.24, 2.45) is 16.9 Å². The Hall–Kier alpha value is -1.13. The molecule has 1 fully saturated rings. The van der Waals surface area contributed by atoms with Crippen molar-refractivity contribution in [1.29, 1.82) is 0 Å². The Labute approximate surface area is 94.6 Å². The standard InChI is InChI=1S/C12H17FN2O/c1-16-10-3-2-8(6-9(10)13)11(15)12(7-14)4-5-12/h2-3,6,11H,4-5,7,14-15H2,1H3. The van der Waals surface area contributed by atoms with Crippen LogP contribution in [0, 0.1) is 11.2 Å². The molecule has 16 heavy (non-hydrogen) atoms. The molecule has 0 amide bonds. The lowest BCUT2D eigenvalue weighted by Crippen LogP contribution is -2.29. The van der Waals surface area contributed by atoms with Crippen LogP contribution in [0.4, 0.5) is 4.39 Å². The number of rotatable bonds is 4. The number of ether oxygens (including phenoxy) is 1. The van der Waals surface area contributed by atoms with Gasteiger partial charge < -0.3 is 16.2 Å². The van der Waals surface area contributed by atoms with E-state index >= 15 is 0 Å². The predicted molar refractivity (Wildman–Crippen MR) is 60.6 cm³/mol. The molecular weight excluding hydrogens is 207 g/mol. The molecule has 1 aromatic carbocycles. The molecule has 88 valence electrons. The van der Waals surface area contributed by atoms with E-state index in [4.69, 9.17) is 16.2 Å². The van der Waals surface area contributed by atoms with Gasteiger partial charge >= 0.3 is 0 Å². The summed E-state index contributed by atoms with van der Waals surface area (Å²) in [7, 11) is 1.44. The third-order valence-corrected chi connectivity index (χ3v) is 3.49. The van der Waals surface area contributed by atoms with Crippen LogP contribution in [0.3, 0.4) is 0 Å². The number of benzene rings is 1. The van der Waals surface area contributed by atoms with Crippen LogP contribution in [0.2, 0.25) is 0 Å². The summed E-state index contributed by atoms with van der Waals surface area (Å²) in [6.07, 6.45) is 2.05. The first-order valence-corrected chi connectivity index (χ1v) is 5.42. The summed E-state index contributed by atoms with van der Waals surface area (Å²) in [5.74, 6) is -0.128. The first-order valence-electron chi connectivity index (χ1n) is 5.42. The predicted octanol–water partition coefficient (Wildman–Crippen LogP) is 1.57. The van der Waals surface area contributed by atoms with Crippen LogP contribution in [0.25, 0.3) is 0 Å². The fourth-order valence-corrected chi connectivity index (χ4v) is 2.03. The summed E-state index contributed by atoms with van der Waals surface area (Å²) < 4.78 is 18.4. The highest BCUT2D eigenvalue weighted by atomic mass is 19.1. The molecule has 1 aromatic rings. The highest BCUT2D eigenvalue weighted by molar-refractivity contribution is 5.32. The van der Waals surface area contributed by atoms with Crippen molar-refractivity contribution in [2.45, 2.75) is 18.9 Å². The lowest BCUT2D eigenvalue weighted by atomic mass is 9.91. The summed E-state index contributed by atoms with van der Waals surface area (Å²) in [6, 6.07) is 4.68. The van der Waals surface area contributed by atoms with Gasteiger partial charge in [0.1, 0.15) is 0 Å². The van der Waals surface area contributed by atoms with Crippen LogP contribution >= 0.6 is 0 Å². The second-order valence-electron chi connectivity index (χ2n) is 4.44. The van der Waals surface area contributed by atoms with E-state index < -0.39 is 0 Å². The Morgan fingerprint density at radius 1 is 1.50 bits per heavy atom. The van der Waals surface area contributed by atoms with Crippen LogP contribution in [0.5, 0.6) is 5.75 Å². The van der Waals surface area contributed by atoms with Crippen molar-refractivity contribution in [2.75, 3.05) is 13.7 Å². The summed E-state index contributed by atoms with van der Waals surface area (Å²) in [6.45, 7) is 0.557. The molecule has 1 saturated carbocycles. The molecule has 0 aromatic heterocycles. The van der Waals surface area contributed by atoms with E-state index in [9.17, 15) is 4.39 Å². The number of nitrogens with two attached hydrogens (primary N) is 2. The Morgan fingerprint density at radius 3 is 2.62 bits per heavy atom. The van der Waals surface area contributed by atoms with Gasteiger partial charge in [-0.05, 0) is 37.1 Å². The Kier molecular flexibility index (Phi) is 2.86. The molecule has 1 atom stereocenters. The highest BCUT2D eigenvalue weighted by Gasteiger charge is 2.47. The molecule has 0 heterocycles. The van der Waals surface area contributed by atoms with Crippen molar-refractivity contribution >= 4 is 0 Å². The quantitative estimate of drug-likeness (QED) is 0.816. The molecular formula is C12H17FN2O. The third-order valence-electron chi connectivity index (χ3n) is 3.49. The molecule has 0 spiro atoms. The Bertz CT molecular complexity index is 391. The molecule has 2 rings (SSSR count). The Balaban J connectivity index is 2.24. The van der Waals surface area contributed by atoms with Gasteiger partial charge in [0.2, 0.25) is 0 Å². The van der Waals surface area contributed by atoms with Crippen LogP contribution < -0.4 is 16.2 Å². The normalized spacial score (nSPS) is 19.2. The zero-order valence-corrected chi connectivity index (χ0v) is 9.37. The molecule has 0 aliphatic heterocycles. The van der Waals surface area contributed by atoms with Crippen molar-refractivity contribution < 1.29 is 9.13 Å². The number of hydrogen-bond acceptors (Lipinski definition) is 3. The zero-order chi connectivity index (χ0) is 11.8. The average molecular weight is 224 g/mol. The first-order chi connectivity index (χ1) is 7.63. The van der Waals surface area contributed by atoms with Gasteiger partial charge in [-0.2, -0.15) is 0 Å². The van der Waals surface area contributed by atoms with Gasteiger partial charge in [-0.3, -0.25) is 0 Å². The summed E-state index contributed by atoms with van der Waals surface area (Å²) >= 11 is 0. The van der Waals surface area contributed by atoms with E-state index in [-0.39, 0.29) is 23.0 Å². The monoisotopic (exact) mass is 224 g/mol. The number of halogens is 1. The van der Waals surface area contributed by atoms with Gasteiger partial charge in [-0.15, -0.1) is 0 Å². The van der Waals surface area contributed by atoms with Gasteiger partial charge in [-0.25, -0.2) is 4.39 Å². The van der Waals surface area contributed by atoms with Gasteiger partial charge in [-0.1, -0.05) is 6.07 Å². The minimum atomic E-state index is -0.372. The van der Waals surface area contributed by atoms with E-state index in [0.29, 0.717) is 6.54 Å². The molecule has 3 nitrogen and oxygen atoms in total. The molecule has 4 heteroatoms. The fourth-order valence-electron chi connectivity index (χ4n) is 2.03. The molecule has 0 radical (unpaired) electrons. The van der Waals surface area contributed by atoms with Crippen molar-refractivity contribution in [3.05, 3.63) is 29.6 Å². The van der Waals surface area contributed by atoms with Crippen LogP contribution in [0.1, 0.15) is 24.4 Å². The molecule has 1 aliphatic carbocycles. The maximum Gasteiger partial charge on any atom is 0.165 e. The first kappa shape index (κ1) is 11.4. The molecule has 1 unspecified atom stereocenters. The zero-order valence-electron chi connectivity index (χ0n) is 9.37. The van der Waals surface area contributed by atoms with Gasteiger partial charge in [0, 0.05) is 11.5 Å². The van der Waals surface area contributed by atoms with E-state index in [1.165, 1.54) is 13.2 Å². The van der Waals surface area contributed by atoms with Crippen molar-refractivity contribution in [1.82, 2.24) is 0 Å². The second kappa shape index (κ2) is 4.03. The van der Waals surface area contributed by atoms with Gasteiger partial charge in [0.05, 0.1) is 7.11 Å². The smallest absolute Gasteiger partial charge is 0.165 e. The molecule has 0 saturated heterocycles. The van der Waals surface area contributed by atoms with Crippen molar-refractivity contribution in [3.63, 3.8) is 0 Å². The SMILES string of the molecule is COc1ccc(C(N)C2(CN)CC2)cc1F. The van der Waals surface area contributed by atoms with Crippen LogP contribution in [-0.4, -0.2) is 13.7 Å². The summed E-state index contributed by atoms with van der Waals surface area (Å²) in [5.41, 5.74) is 12.6. The minimum Gasteiger partial charge on any atom is -0.494 e. The maximum absolute atomic E-state index is 13.5. The third kappa shape index (κ3) is 1.79. The van der Waals surface area contributed by atoms with Crippen LogP contribution in [0.15, 0.2) is 18.2 Å². The van der Waals surface area contributed by atoms with E-state index in [0.717, 1.165) is 18.4 Å². The molecule has 0 bridgehead atoms. The summed E-state index contributed by atoms with van der Waals surface area (Å²) in [5, 5.41) is 0. The second-order valence-corrected chi connectivity index (χ2v) is 4.44. The average Bonchev–Trinajstić information content (AvgIpc) is 3.09. The van der Waals surface area contributed by atoms with Gasteiger partial charge in [0.25, 0.3) is 0 Å². The highest BCUT2D eigenvalue weighted by Crippen LogP contribution is 2.53. The largest absolute Gasteiger partial charge is 0.494 e. The topological polar surface area (TPSA) is 61.3 Å². The number of methoxy groups -OCH3 is 1. The lowest BCUT2D eigenvalue weighted by molar-refractivity contribution is 0.382.